The molecule has 2 aliphatic rings. The van der Waals surface area contributed by atoms with E-state index in [1.807, 2.05) is 0 Å². The summed E-state index contributed by atoms with van der Waals surface area (Å²) in [6.07, 6.45) is 7.41. The van der Waals surface area contributed by atoms with Gasteiger partial charge in [-0.3, -0.25) is 9.89 Å². The normalized spacial score (nSPS) is 22.7. The third kappa shape index (κ3) is 8.31. The van der Waals surface area contributed by atoms with Crippen molar-refractivity contribution in [3.8, 4) is 0 Å². The van der Waals surface area contributed by atoms with E-state index in [9.17, 15) is 0 Å². The van der Waals surface area contributed by atoms with Crippen molar-refractivity contribution in [2.75, 3.05) is 59.1 Å². The molecular weight excluding hydrogens is 304 g/mol. The molecule has 0 bridgehead atoms. The molecule has 6 heteroatoms. The summed E-state index contributed by atoms with van der Waals surface area (Å²) in [6.45, 7) is 11.0. The van der Waals surface area contributed by atoms with Gasteiger partial charge in [0.25, 0.3) is 0 Å². The number of aliphatic imine (C=N–C) groups is 1. The number of hydrogen-bond donors (Lipinski definition) is 2. The molecule has 6 nitrogen and oxygen atoms in total. The number of guanidine groups is 1. The average molecular weight is 341 g/mol. The molecule has 2 aliphatic heterocycles. The minimum Gasteiger partial charge on any atom is -0.379 e. The van der Waals surface area contributed by atoms with Crippen LogP contribution in [-0.4, -0.2) is 76.1 Å². The predicted molar refractivity (Wildman–Crippen MR) is 98.7 cm³/mol. The largest absolute Gasteiger partial charge is 0.379 e. The highest BCUT2D eigenvalue weighted by Gasteiger charge is 2.15. The maximum Gasteiger partial charge on any atom is 0.191 e. The van der Waals surface area contributed by atoms with Crippen LogP contribution in [-0.2, 0) is 9.47 Å². The molecule has 0 saturated carbocycles. The Kier molecular flexibility index (Phi) is 10.1. The Morgan fingerprint density at radius 3 is 2.58 bits per heavy atom. The molecule has 2 N–H and O–H groups in total. The van der Waals surface area contributed by atoms with Gasteiger partial charge in [-0.25, -0.2) is 0 Å². The highest BCUT2D eigenvalue weighted by molar-refractivity contribution is 5.79. The van der Waals surface area contributed by atoms with E-state index < -0.39 is 0 Å². The van der Waals surface area contributed by atoms with Crippen molar-refractivity contribution in [1.29, 1.82) is 0 Å². The zero-order valence-corrected chi connectivity index (χ0v) is 15.4. The van der Waals surface area contributed by atoms with Crippen molar-refractivity contribution in [2.24, 2.45) is 4.99 Å². The Balaban J connectivity index is 1.60. The van der Waals surface area contributed by atoms with Crippen molar-refractivity contribution in [3.05, 3.63) is 0 Å². The van der Waals surface area contributed by atoms with E-state index in [0.717, 1.165) is 64.9 Å². The monoisotopic (exact) mass is 340 g/mol. The van der Waals surface area contributed by atoms with Crippen LogP contribution in [0.4, 0.5) is 0 Å². The van der Waals surface area contributed by atoms with Gasteiger partial charge < -0.3 is 20.1 Å². The third-order valence-electron chi connectivity index (χ3n) is 4.60. The van der Waals surface area contributed by atoms with E-state index in [1.165, 1.54) is 38.6 Å². The SMILES string of the molecule is CCCCNC(=NC[C@H]1CCCO1)NCCCCN1CCOCC1. The molecule has 0 aromatic rings. The van der Waals surface area contributed by atoms with Crippen LogP contribution < -0.4 is 10.6 Å². The number of unbranched alkanes of at least 4 members (excludes halogenated alkanes) is 2. The second-order valence-corrected chi connectivity index (χ2v) is 6.69. The Morgan fingerprint density at radius 2 is 1.88 bits per heavy atom. The molecule has 140 valence electrons. The van der Waals surface area contributed by atoms with E-state index in [-0.39, 0.29) is 0 Å². The summed E-state index contributed by atoms with van der Waals surface area (Å²) in [5.41, 5.74) is 0. The average Bonchev–Trinajstić information content (AvgIpc) is 3.13. The lowest BCUT2D eigenvalue weighted by Gasteiger charge is -2.26. The van der Waals surface area contributed by atoms with Crippen LogP contribution >= 0.6 is 0 Å². The molecule has 2 fully saturated rings. The first-order valence-corrected chi connectivity index (χ1v) is 9.82. The van der Waals surface area contributed by atoms with Gasteiger partial charge in [-0.15, -0.1) is 0 Å². The lowest BCUT2D eigenvalue weighted by atomic mass is 10.2. The molecule has 24 heavy (non-hydrogen) atoms. The molecule has 1 atom stereocenters. The van der Waals surface area contributed by atoms with Crippen LogP contribution in [0.5, 0.6) is 0 Å². The number of ether oxygens (including phenoxy) is 2. The molecule has 2 heterocycles. The molecule has 0 unspecified atom stereocenters. The van der Waals surface area contributed by atoms with Gasteiger partial charge >= 0.3 is 0 Å². The van der Waals surface area contributed by atoms with Crippen LogP contribution in [0.15, 0.2) is 4.99 Å². The molecule has 2 saturated heterocycles. The van der Waals surface area contributed by atoms with Crippen molar-refractivity contribution < 1.29 is 9.47 Å². The second-order valence-electron chi connectivity index (χ2n) is 6.69. The van der Waals surface area contributed by atoms with E-state index in [0.29, 0.717) is 6.10 Å². The molecule has 0 aromatic heterocycles. The molecule has 0 aliphatic carbocycles. The van der Waals surface area contributed by atoms with Crippen LogP contribution in [0, 0.1) is 0 Å². The summed E-state index contributed by atoms with van der Waals surface area (Å²) in [5.74, 6) is 0.949. The Morgan fingerprint density at radius 1 is 1.08 bits per heavy atom. The van der Waals surface area contributed by atoms with Crippen molar-refractivity contribution in [1.82, 2.24) is 15.5 Å². The number of nitrogens with one attached hydrogen (secondary N) is 2. The van der Waals surface area contributed by atoms with E-state index in [1.54, 1.807) is 0 Å². The van der Waals surface area contributed by atoms with E-state index >= 15 is 0 Å². The number of nitrogens with zero attached hydrogens (tertiary/aromatic N) is 2. The molecule has 2 rings (SSSR count). The van der Waals surface area contributed by atoms with Crippen molar-refractivity contribution >= 4 is 5.96 Å². The Hall–Kier alpha value is -0.850. The summed E-state index contributed by atoms with van der Waals surface area (Å²) >= 11 is 0. The Labute approximate surface area is 147 Å². The predicted octanol–water partition coefficient (Wildman–Crippen LogP) is 1.61. The first-order valence-electron chi connectivity index (χ1n) is 9.82. The molecule has 0 amide bonds. The lowest BCUT2D eigenvalue weighted by molar-refractivity contribution is 0.0372. The molecular formula is C18H36N4O2. The minimum atomic E-state index is 0.316. The van der Waals surface area contributed by atoms with Gasteiger partial charge in [-0.1, -0.05) is 13.3 Å². The van der Waals surface area contributed by atoms with Gasteiger partial charge in [-0.2, -0.15) is 0 Å². The second kappa shape index (κ2) is 12.5. The fraction of sp³-hybridized carbons (Fsp3) is 0.944. The van der Waals surface area contributed by atoms with Gasteiger partial charge in [-0.05, 0) is 38.6 Å². The van der Waals surface area contributed by atoms with Crippen molar-refractivity contribution in [2.45, 2.75) is 51.6 Å². The van der Waals surface area contributed by atoms with Gasteiger partial charge in [0.05, 0.1) is 25.9 Å². The van der Waals surface area contributed by atoms with Gasteiger partial charge in [0.1, 0.15) is 0 Å². The fourth-order valence-electron chi connectivity index (χ4n) is 3.03. The van der Waals surface area contributed by atoms with E-state index in [4.69, 9.17) is 14.5 Å². The van der Waals surface area contributed by atoms with Crippen molar-refractivity contribution in [3.63, 3.8) is 0 Å². The molecule has 0 spiro atoms. The zero-order valence-electron chi connectivity index (χ0n) is 15.4. The van der Waals surface area contributed by atoms with Crippen LogP contribution in [0.25, 0.3) is 0 Å². The summed E-state index contributed by atoms with van der Waals surface area (Å²) < 4.78 is 11.0. The molecule has 0 radical (unpaired) electrons. The standard InChI is InChI=1S/C18H36N4O2/c1-2-3-8-19-18(21-16-17-7-6-13-24-17)20-9-4-5-10-22-11-14-23-15-12-22/h17H,2-16H2,1H3,(H2,19,20,21)/t17-/m1/s1. The summed E-state index contributed by atoms with van der Waals surface area (Å²) in [7, 11) is 0. The third-order valence-corrected chi connectivity index (χ3v) is 4.60. The smallest absolute Gasteiger partial charge is 0.191 e. The number of morpholine rings is 1. The van der Waals surface area contributed by atoms with Crippen LogP contribution in [0.2, 0.25) is 0 Å². The maximum absolute atomic E-state index is 5.66. The first-order chi connectivity index (χ1) is 11.9. The van der Waals surface area contributed by atoms with Crippen LogP contribution in [0.3, 0.4) is 0 Å². The summed E-state index contributed by atoms with van der Waals surface area (Å²) in [6, 6.07) is 0. The quantitative estimate of drug-likeness (QED) is 0.359. The maximum atomic E-state index is 5.66. The summed E-state index contributed by atoms with van der Waals surface area (Å²) in [4.78, 5) is 7.20. The fourth-order valence-corrected chi connectivity index (χ4v) is 3.03. The highest BCUT2D eigenvalue weighted by atomic mass is 16.5. The minimum absolute atomic E-state index is 0.316. The van der Waals surface area contributed by atoms with Gasteiger partial charge in [0.2, 0.25) is 0 Å². The summed E-state index contributed by atoms with van der Waals surface area (Å²) in [5, 5.41) is 6.92. The highest BCUT2D eigenvalue weighted by Crippen LogP contribution is 2.11. The zero-order chi connectivity index (χ0) is 16.9. The first kappa shape index (κ1) is 19.5. The number of hydrogen-bond acceptors (Lipinski definition) is 4. The van der Waals surface area contributed by atoms with Crippen LogP contribution in [0.1, 0.15) is 45.4 Å². The lowest BCUT2D eigenvalue weighted by Crippen LogP contribution is -2.39. The van der Waals surface area contributed by atoms with E-state index in [2.05, 4.69) is 22.5 Å². The molecule has 0 aromatic carbocycles. The van der Waals surface area contributed by atoms with Gasteiger partial charge in [0, 0.05) is 32.8 Å². The number of rotatable bonds is 10. The Bertz CT molecular complexity index is 340. The topological polar surface area (TPSA) is 58.1 Å². The van der Waals surface area contributed by atoms with Gasteiger partial charge in [0.15, 0.2) is 5.96 Å².